The lowest BCUT2D eigenvalue weighted by Gasteiger charge is -2.45. The molecule has 2 aromatic rings. The molecule has 3 aliphatic heterocycles. The molecular weight excluding hydrogens is 447 g/mol. The number of nitrogens with one attached hydrogen (secondary N) is 1. The predicted molar refractivity (Wildman–Crippen MR) is 126 cm³/mol. The molecule has 2 aromatic carbocycles. The first-order valence-electron chi connectivity index (χ1n) is 10.8. The molecule has 0 bridgehead atoms. The summed E-state index contributed by atoms with van der Waals surface area (Å²) in [4.78, 5) is 16.2. The van der Waals surface area contributed by atoms with Crippen LogP contribution in [0.4, 0.5) is 5.69 Å². The van der Waals surface area contributed by atoms with Gasteiger partial charge in [-0.25, -0.2) is 0 Å². The van der Waals surface area contributed by atoms with E-state index >= 15 is 0 Å². The van der Waals surface area contributed by atoms with Crippen molar-refractivity contribution in [1.29, 1.82) is 0 Å². The van der Waals surface area contributed by atoms with E-state index in [0.717, 1.165) is 49.2 Å². The summed E-state index contributed by atoms with van der Waals surface area (Å²) in [6.45, 7) is 5.43. The van der Waals surface area contributed by atoms with Crippen LogP contribution in [-0.4, -0.2) is 35.2 Å². The topological polar surface area (TPSA) is 66.3 Å². The third-order valence-electron chi connectivity index (χ3n) is 6.30. The Balaban J connectivity index is 1.66. The highest BCUT2D eigenvalue weighted by molar-refractivity contribution is 6.36. The normalized spacial score (nSPS) is 24.0. The van der Waals surface area contributed by atoms with E-state index in [9.17, 15) is 4.79 Å². The van der Waals surface area contributed by atoms with E-state index in [-0.39, 0.29) is 5.91 Å². The molecule has 0 saturated carbocycles. The van der Waals surface area contributed by atoms with Crippen LogP contribution in [0.25, 0.3) is 5.70 Å². The summed E-state index contributed by atoms with van der Waals surface area (Å²) in [6.07, 6.45) is 3.11. The fourth-order valence-electron chi connectivity index (χ4n) is 4.90. The lowest BCUT2D eigenvalue weighted by atomic mass is 9.80. The number of hydrogen-bond donors (Lipinski definition) is 1. The molecule has 1 unspecified atom stereocenters. The number of carbonyl (C=O) groups excluding carboxylic acids is 1. The number of azo groups is 1. The lowest BCUT2D eigenvalue weighted by molar-refractivity contribution is -0.127. The van der Waals surface area contributed by atoms with Gasteiger partial charge in [-0.2, -0.15) is 10.2 Å². The average Bonchev–Trinajstić information content (AvgIpc) is 3.19. The van der Waals surface area contributed by atoms with Gasteiger partial charge >= 0.3 is 0 Å². The second kappa shape index (κ2) is 7.87. The third kappa shape index (κ3) is 3.33. The standard InChI is InChI=1S/C24H24Cl2N4O2/c1-23(2)21-20(16-8-4-5-9-19(16)32-23)28-29-24(21,30-12-6-3-7-13-30)22(31)27-18-11-10-15(25)14-17(18)26/h4-5,8-11,14H,3,6-7,12-13H2,1-2H3,(H,27,31). The smallest absolute Gasteiger partial charge is 0.274 e. The summed E-state index contributed by atoms with van der Waals surface area (Å²) in [5, 5.41) is 13.1. The van der Waals surface area contributed by atoms with Gasteiger partial charge in [0.15, 0.2) is 0 Å². The Bertz CT molecular complexity index is 1150. The van der Waals surface area contributed by atoms with Gasteiger partial charge in [0.1, 0.15) is 17.0 Å². The molecule has 1 saturated heterocycles. The fraction of sp³-hybridized carbons (Fsp3) is 0.375. The van der Waals surface area contributed by atoms with Crippen molar-refractivity contribution in [3.05, 3.63) is 63.6 Å². The van der Waals surface area contributed by atoms with E-state index in [0.29, 0.717) is 21.4 Å². The molecule has 1 amide bonds. The maximum atomic E-state index is 14.0. The second-order valence-electron chi connectivity index (χ2n) is 8.83. The highest BCUT2D eigenvalue weighted by Gasteiger charge is 2.59. The predicted octanol–water partition coefficient (Wildman–Crippen LogP) is 6.16. The van der Waals surface area contributed by atoms with Crippen LogP contribution in [0.1, 0.15) is 38.7 Å². The molecule has 3 heterocycles. The zero-order valence-electron chi connectivity index (χ0n) is 18.0. The average molecular weight is 471 g/mol. The van der Waals surface area contributed by atoms with Crippen molar-refractivity contribution >= 4 is 40.5 Å². The van der Waals surface area contributed by atoms with Crippen molar-refractivity contribution in [2.75, 3.05) is 18.4 Å². The van der Waals surface area contributed by atoms with Gasteiger partial charge in [0, 0.05) is 23.7 Å². The first-order valence-corrected chi connectivity index (χ1v) is 11.6. The maximum absolute atomic E-state index is 14.0. The van der Waals surface area contributed by atoms with E-state index in [2.05, 4.69) is 20.4 Å². The largest absolute Gasteiger partial charge is 0.483 e. The molecule has 1 atom stereocenters. The number of benzene rings is 2. The van der Waals surface area contributed by atoms with Crippen molar-refractivity contribution in [1.82, 2.24) is 4.90 Å². The zero-order valence-corrected chi connectivity index (χ0v) is 19.5. The molecule has 3 aliphatic rings. The number of carbonyl (C=O) groups is 1. The zero-order chi connectivity index (χ0) is 22.5. The molecule has 166 valence electrons. The highest BCUT2D eigenvalue weighted by atomic mass is 35.5. The Hall–Kier alpha value is -2.41. The number of hydrogen-bond acceptors (Lipinski definition) is 5. The molecule has 0 aromatic heterocycles. The number of rotatable bonds is 3. The van der Waals surface area contributed by atoms with Crippen LogP contribution in [0.15, 0.2) is 58.3 Å². The van der Waals surface area contributed by atoms with Gasteiger partial charge in [-0.3, -0.25) is 9.69 Å². The Morgan fingerprint density at radius 3 is 2.59 bits per heavy atom. The van der Waals surface area contributed by atoms with Gasteiger partial charge in [-0.1, -0.05) is 41.8 Å². The first-order chi connectivity index (χ1) is 15.3. The molecule has 1 N–H and O–H groups in total. The van der Waals surface area contributed by atoms with Crippen LogP contribution in [0.5, 0.6) is 5.75 Å². The minimum absolute atomic E-state index is 0.298. The summed E-state index contributed by atoms with van der Waals surface area (Å²) in [5.41, 5.74) is 0.702. The number of halogens is 2. The van der Waals surface area contributed by atoms with Crippen LogP contribution < -0.4 is 10.1 Å². The van der Waals surface area contributed by atoms with Crippen LogP contribution in [-0.2, 0) is 4.79 Å². The Morgan fingerprint density at radius 2 is 1.84 bits per heavy atom. The molecule has 0 radical (unpaired) electrons. The maximum Gasteiger partial charge on any atom is 0.274 e. The highest BCUT2D eigenvalue weighted by Crippen LogP contribution is 2.52. The number of likely N-dealkylation sites (tertiary alicyclic amines) is 1. The molecule has 1 fully saturated rings. The number of piperidine rings is 1. The van der Waals surface area contributed by atoms with Gasteiger partial charge in [0.05, 0.1) is 16.3 Å². The van der Waals surface area contributed by atoms with E-state index in [4.69, 9.17) is 27.9 Å². The number of amides is 1. The Morgan fingerprint density at radius 1 is 1.09 bits per heavy atom. The molecule has 0 aliphatic carbocycles. The molecule has 5 rings (SSSR count). The Labute approximate surface area is 197 Å². The van der Waals surface area contributed by atoms with Crippen LogP contribution in [0.2, 0.25) is 10.0 Å². The van der Waals surface area contributed by atoms with E-state index < -0.39 is 11.3 Å². The minimum Gasteiger partial charge on any atom is -0.483 e. The summed E-state index contributed by atoms with van der Waals surface area (Å²) in [5.74, 6) is 0.444. The van der Waals surface area contributed by atoms with Crippen molar-refractivity contribution in [2.24, 2.45) is 10.2 Å². The van der Waals surface area contributed by atoms with Crippen molar-refractivity contribution in [2.45, 2.75) is 44.4 Å². The quantitative estimate of drug-likeness (QED) is 0.583. The number of para-hydroxylation sites is 1. The van der Waals surface area contributed by atoms with Crippen LogP contribution >= 0.6 is 23.2 Å². The van der Waals surface area contributed by atoms with Gasteiger partial charge < -0.3 is 10.1 Å². The first kappa shape index (κ1) is 21.4. The number of anilines is 1. The number of fused-ring (bicyclic) bond motifs is 2. The molecule has 6 nitrogen and oxygen atoms in total. The summed E-state index contributed by atoms with van der Waals surface area (Å²) < 4.78 is 6.39. The van der Waals surface area contributed by atoms with E-state index in [1.165, 1.54) is 0 Å². The summed E-state index contributed by atoms with van der Waals surface area (Å²) >= 11 is 12.4. The van der Waals surface area contributed by atoms with Gasteiger partial charge in [-0.15, -0.1) is 0 Å². The molecule has 0 spiro atoms. The number of ether oxygens (including phenoxy) is 1. The van der Waals surface area contributed by atoms with E-state index in [1.807, 2.05) is 38.1 Å². The molecule has 8 heteroatoms. The van der Waals surface area contributed by atoms with Crippen LogP contribution in [0.3, 0.4) is 0 Å². The van der Waals surface area contributed by atoms with Crippen molar-refractivity contribution in [3.8, 4) is 5.75 Å². The van der Waals surface area contributed by atoms with Crippen LogP contribution in [0, 0.1) is 0 Å². The monoisotopic (exact) mass is 470 g/mol. The molecular formula is C24H24Cl2N4O2. The van der Waals surface area contributed by atoms with Gasteiger partial charge in [-0.05, 0) is 57.0 Å². The van der Waals surface area contributed by atoms with Crippen molar-refractivity contribution < 1.29 is 9.53 Å². The summed E-state index contributed by atoms with van der Waals surface area (Å²) in [7, 11) is 0. The fourth-order valence-corrected chi connectivity index (χ4v) is 5.36. The lowest BCUT2D eigenvalue weighted by Crippen LogP contribution is -2.61. The SMILES string of the molecule is CC1(C)Oc2ccccc2C2=C1C(C(=O)Nc1ccc(Cl)cc1Cl)(N1CCCCC1)N=N2. The summed E-state index contributed by atoms with van der Waals surface area (Å²) in [6, 6.07) is 12.8. The Kier molecular flexibility index (Phi) is 5.27. The minimum atomic E-state index is -1.31. The number of nitrogens with zero attached hydrogens (tertiary/aromatic N) is 3. The van der Waals surface area contributed by atoms with Gasteiger partial charge in [0.2, 0.25) is 5.66 Å². The molecule has 32 heavy (non-hydrogen) atoms. The second-order valence-corrected chi connectivity index (χ2v) is 9.67. The van der Waals surface area contributed by atoms with Crippen molar-refractivity contribution in [3.63, 3.8) is 0 Å². The van der Waals surface area contributed by atoms with Gasteiger partial charge in [0.25, 0.3) is 5.91 Å². The van der Waals surface area contributed by atoms with E-state index in [1.54, 1.807) is 18.2 Å². The third-order valence-corrected chi connectivity index (χ3v) is 6.85.